The first-order valence-electron chi connectivity index (χ1n) is 5.12. The summed E-state index contributed by atoms with van der Waals surface area (Å²) in [6, 6.07) is 2.87. The minimum Gasteiger partial charge on any atom is -0.379 e. The lowest BCUT2D eigenvalue weighted by atomic mass is 9.85. The predicted octanol–water partition coefficient (Wildman–Crippen LogP) is 0.879. The average molecular weight is 242 g/mol. The summed E-state index contributed by atoms with van der Waals surface area (Å²) in [4.78, 5) is 11.9. The van der Waals surface area contributed by atoms with Gasteiger partial charge in [0.05, 0.1) is 18.9 Å². The Morgan fingerprint density at radius 2 is 2.18 bits per heavy atom. The van der Waals surface area contributed by atoms with Gasteiger partial charge in [-0.05, 0) is 12.1 Å². The number of nitrogens with two attached hydrogens (primary N) is 1. The van der Waals surface area contributed by atoms with E-state index in [4.69, 9.17) is 10.5 Å². The van der Waals surface area contributed by atoms with Crippen molar-refractivity contribution in [2.24, 2.45) is 11.1 Å². The monoisotopic (exact) mass is 242 g/mol. The molecule has 0 aromatic heterocycles. The molecule has 0 spiro atoms. The lowest BCUT2D eigenvalue weighted by Gasteiger charge is -2.38. The molecule has 1 aliphatic rings. The van der Waals surface area contributed by atoms with Crippen LogP contribution in [0.3, 0.4) is 0 Å². The second-order valence-electron chi connectivity index (χ2n) is 4.06. The van der Waals surface area contributed by atoms with Crippen molar-refractivity contribution in [1.82, 2.24) is 0 Å². The minimum absolute atomic E-state index is 0.107. The molecule has 6 heteroatoms. The van der Waals surface area contributed by atoms with Crippen molar-refractivity contribution in [2.45, 2.75) is 0 Å². The molecule has 0 atom stereocenters. The van der Waals surface area contributed by atoms with Crippen molar-refractivity contribution in [1.29, 1.82) is 0 Å². The minimum atomic E-state index is -0.821. The third-order valence-electron chi connectivity index (χ3n) is 2.81. The Morgan fingerprint density at radius 1 is 1.47 bits per heavy atom. The van der Waals surface area contributed by atoms with E-state index >= 15 is 0 Å². The lowest BCUT2D eigenvalue weighted by Crippen LogP contribution is -2.56. The fraction of sp³-hybridized carbons (Fsp3) is 0.364. The van der Waals surface area contributed by atoms with E-state index in [9.17, 15) is 13.6 Å². The van der Waals surface area contributed by atoms with Crippen LogP contribution in [0.2, 0.25) is 0 Å². The molecule has 1 amide bonds. The summed E-state index contributed by atoms with van der Waals surface area (Å²) >= 11 is 0. The van der Waals surface area contributed by atoms with Crippen LogP contribution in [-0.4, -0.2) is 25.7 Å². The standard InChI is InChI=1S/C11H12F2N2O2/c12-7-1-2-8(13)9(3-7)15-10(16)11(4-14)5-17-6-11/h1-3H,4-6,14H2,(H,15,16). The summed E-state index contributed by atoms with van der Waals surface area (Å²) in [7, 11) is 0. The van der Waals surface area contributed by atoms with Gasteiger partial charge in [0.25, 0.3) is 0 Å². The highest BCUT2D eigenvalue weighted by Crippen LogP contribution is 2.28. The van der Waals surface area contributed by atoms with Gasteiger partial charge in [-0.15, -0.1) is 0 Å². The van der Waals surface area contributed by atoms with Crippen LogP contribution in [0.4, 0.5) is 14.5 Å². The van der Waals surface area contributed by atoms with Crippen molar-refractivity contribution in [3.05, 3.63) is 29.8 Å². The zero-order valence-electron chi connectivity index (χ0n) is 9.00. The highest BCUT2D eigenvalue weighted by atomic mass is 19.1. The van der Waals surface area contributed by atoms with Gasteiger partial charge >= 0.3 is 0 Å². The highest BCUT2D eigenvalue weighted by Gasteiger charge is 2.44. The maximum absolute atomic E-state index is 13.3. The molecular formula is C11H12F2N2O2. The van der Waals surface area contributed by atoms with Gasteiger partial charge in [-0.25, -0.2) is 8.78 Å². The Balaban J connectivity index is 2.15. The van der Waals surface area contributed by atoms with E-state index in [1.807, 2.05) is 0 Å². The zero-order chi connectivity index (χ0) is 12.5. The summed E-state index contributed by atoms with van der Waals surface area (Å²) in [6.07, 6.45) is 0. The number of anilines is 1. The van der Waals surface area contributed by atoms with Crippen LogP contribution in [0.5, 0.6) is 0 Å². The molecule has 0 bridgehead atoms. The quantitative estimate of drug-likeness (QED) is 0.827. The van der Waals surface area contributed by atoms with Gasteiger partial charge in [-0.3, -0.25) is 4.79 Å². The first-order valence-corrected chi connectivity index (χ1v) is 5.12. The molecule has 0 saturated carbocycles. The van der Waals surface area contributed by atoms with E-state index in [0.717, 1.165) is 18.2 Å². The number of nitrogens with one attached hydrogen (secondary N) is 1. The van der Waals surface area contributed by atoms with Gasteiger partial charge in [0.2, 0.25) is 5.91 Å². The Morgan fingerprint density at radius 3 is 2.71 bits per heavy atom. The Hall–Kier alpha value is -1.53. The van der Waals surface area contributed by atoms with E-state index in [-0.39, 0.29) is 25.4 Å². The molecule has 0 unspecified atom stereocenters. The number of benzene rings is 1. The Kier molecular flexibility index (Phi) is 3.08. The number of hydrogen-bond donors (Lipinski definition) is 2. The maximum Gasteiger partial charge on any atom is 0.236 e. The molecule has 1 saturated heterocycles. The summed E-state index contributed by atoms with van der Waals surface area (Å²) in [5.41, 5.74) is 4.48. The lowest BCUT2D eigenvalue weighted by molar-refractivity contribution is -0.153. The molecule has 0 radical (unpaired) electrons. The molecule has 17 heavy (non-hydrogen) atoms. The van der Waals surface area contributed by atoms with E-state index in [2.05, 4.69) is 5.32 Å². The van der Waals surface area contributed by atoms with Crippen LogP contribution in [-0.2, 0) is 9.53 Å². The van der Waals surface area contributed by atoms with Gasteiger partial charge in [0, 0.05) is 12.6 Å². The summed E-state index contributed by atoms with van der Waals surface area (Å²) in [6.45, 7) is 0.508. The number of amides is 1. The third kappa shape index (κ3) is 2.13. The van der Waals surface area contributed by atoms with Crippen molar-refractivity contribution in [3.8, 4) is 0 Å². The molecule has 3 N–H and O–H groups in total. The number of ether oxygens (including phenoxy) is 1. The fourth-order valence-corrected chi connectivity index (χ4v) is 1.54. The molecule has 1 aliphatic heterocycles. The molecule has 1 aromatic rings. The molecule has 1 aromatic carbocycles. The molecule has 1 fully saturated rings. The number of carbonyl (C=O) groups excluding carboxylic acids is 1. The molecule has 4 nitrogen and oxygen atoms in total. The second-order valence-corrected chi connectivity index (χ2v) is 4.06. The van der Waals surface area contributed by atoms with Gasteiger partial charge in [0.15, 0.2) is 0 Å². The van der Waals surface area contributed by atoms with Crippen LogP contribution in [0.1, 0.15) is 0 Å². The zero-order valence-corrected chi connectivity index (χ0v) is 9.00. The number of halogens is 2. The van der Waals surface area contributed by atoms with Crippen LogP contribution >= 0.6 is 0 Å². The van der Waals surface area contributed by atoms with E-state index in [1.165, 1.54) is 0 Å². The Bertz CT molecular complexity index is 442. The third-order valence-corrected chi connectivity index (χ3v) is 2.81. The average Bonchev–Trinajstić information content (AvgIpc) is 2.23. The van der Waals surface area contributed by atoms with Crippen LogP contribution in [0, 0.1) is 17.0 Å². The van der Waals surface area contributed by atoms with Crippen LogP contribution < -0.4 is 11.1 Å². The fourth-order valence-electron chi connectivity index (χ4n) is 1.54. The Labute approximate surface area is 96.7 Å². The largest absolute Gasteiger partial charge is 0.379 e. The van der Waals surface area contributed by atoms with Gasteiger partial charge < -0.3 is 15.8 Å². The molecule has 92 valence electrons. The predicted molar refractivity (Wildman–Crippen MR) is 57.3 cm³/mol. The highest BCUT2D eigenvalue weighted by molar-refractivity contribution is 5.96. The molecule has 1 heterocycles. The van der Waals surface area contributed by atoms with Crippen LogP contribution in [0.25, 0.3) is 0 Å². The van der Waals surface area contributed by atoms with E-state index in [1.54, 1.807) is 0 Å². The number of rotatable bonds is 3. The van der Waals surface area contributed by atoms with Crippen molar-refractivity contribution >= 4 is 11.6 Å². The maximum atomic E-state index is 13.3. The number of carbonyl (C=O) groups is 1. The van der Waals surface area contributed by atoms with Gasteiger partial charge in [0.1, 0.15) is 17.0 Å². The first kappa shape index (κ1) is 11.9. The summed E-state index contributed by atoms with van der Waals surface area (Å²) in [5.74, 6) is -1.75. The number of hydrogen-bond acceptors (Lipinski definition) is 3. The first-order chi connectivity index (χ1) is 8.07. The smallest absolute Gasteiger partial charge is 0.236 e. The summed E-state index contributed by atoms with van der Waals surface area (Å²) in [5, 5.41) is 2.33. The molecule has 0 aliphatic carbocycles. The molecule has 2 rings (SSSR count). The normalized spacial score (nSPS) is 17.4. The second kappa shape index (κ2) is 4.38. The van der Waals surface area contributed by atoms with Crippen molar-refractivity contribution < 1.29 is 18.3 Å². The van der Waals surface area contributed by atoms with E-state index in [0.29, 0.717) is 0 Å². The molecular weight excluding hydrogens is 230 g/mol. The van der Waals surface area contributed by atoms with Crippen molar-refractivity contribution in [3.63, 3.8) is 0 Å². The van der Waals surface area contributed by atoms with Gasteiger partial charge in [-0.2, -0.15) is 0 Å². The van der Waals surface area contributed by atoms with Crippen molar-refractivity contribution in [2.75, 3.05) is 25.1 Å². The van der Waals surface area contributed by atoms with Gasteiger partial charge in [-0.1, -0.05) is 0 Å². The topological polar surface area (TPSA) is 64.4 Å². The SMILES string of the molecule is NCC1(C(=O)Nc2cc(F)ccc2F)COC1. The van der Waals surface area contributed by atoms with E-state index < -0.39 is 23.0 Å². The summed E-state index contributed by atoms with van der Waals surface area (Å²) < 4.78 is 31.1. The van der Waals surface area contributed by atoms with Crippen LogP contribution in [0.15, 0.2) is 18.2 Å².